The average molecular weight is 410 g/mol. The Balaban J connectivity index is 1.88. The van der Waals surface area contributed by atoms with Gasteiger partial charge in [-0.15, -0.1) is 11.3 Å². The van der Waals surface area contributed by atoms with Crippen molar-refractivity contribution < 1.29 is 32.3 Å². The molecule has 2 aromatic heterocycles. The van der Waals surface area contributed by atoms with Crippen molar-refractivity contribution in [1.82, 2.24) is 4.98 Å². The SMILES string of the molecule is COC(=O)c1cc(-c2csc(Nc3cccc(C(F)(F)F)c3)n2)c[n+](OC)c1. The third-order valence-corrected chi connectivity index (χ3v) is 4.47. The standard InChI is InChI=1S/C18H15F3N3O3S/c1-26-16(25)12-6-11(8-24(9-12)27-2)15-10-28-17(23-15)22-14-5-3-4-13(7-14)18(19,20)21/h3-10H,1-2H3,(H,22,23)/q+1. The minimum absolute atomic E-state index is 0.266. The first-order chi connectivity index (χ1) is 13.3. The van der Waals surface area contributed by atoms with E-state index < -0.39 is 17.7 Å². The predicted molar refractivity (Wildman–Crippen MR) is 96.3 cm³/mol. The van der Waals surface area contributed by atoms with Crippen LogP contribution in [0.1, 0.15) is 15.9 Å². The molecule has 0 spiro atoms. The molecule has 0 fully saturated rings. The first-order valence-corrected chi connectivity index (χ1v) is 8.77. The number of hydrogen-bond acceptors (Lipinski definition) is 6. The summed E-state index contributed by atoms with van der Waals surface area (Å²) in [5.74, 6) is -0.537. The summed E-state index contributed by atoms with van der Waals surface area (Å²) < 4.78 is 44.6. The molecular formula is C18H15F3N3O3S+. The van der Waals surface area contributed by atoms with Gasteiger partial charge in [-0.3, -0.25) is 4.84 Å². The van der Waals surface area contributed by atoms with Gasteiger partial charge in [0, 0.05) is 15.8 Å². The highest BCUT2D eigenvalue weighted by atomic mass is 32.1. The van der Waals surface area contributed by atoms with Crippen LogP contribution in [0.2, 0.25) is 0 Å². The highest BCUT2D eigenvalue weighted by molar-refractivity contribution is 7.14. The van der Waals surface area contributed by atoms with Crippen molar-refractivity contribution in [3.8, 4) is 11.3 Å². The monoisotopic (exact) mass is 410 g/mol. The van der Waals surface area contributed by atoms with Gasteiger partial charge in [-0.05, 0) is 24.3 Å². The Hall–Kier alpha value is -3.14. The number of ether oxygens (including phenoxy) is 1. The summed E-state index contributed by atoms with van der Waals surface area (Å²) in [5, 5.41) is 4.98. The van der Waals surface area contributed by atoms with E-state index in [1.165, 1.54) is 48.6 Å². The van der Waals surface area contributed by atoms with E-state index in [0.29, 0.717) is 16.4 Å². The fraction of sp³-hybridized carbons (Fsp3) is 0.167. The van der Waals surface area contributed by atoms with Crippen molar-refractivity contribution in [1.29, 1.82) is 0 Å². The Morgan fingerprint density at radius 3 is 2.68 bits per heavy atom. The van der Waals surface area contributed by atoms with Gasteiger partial charge in [-0.1, -0.05) is 6.07 Å². The van der Waals surface area contributed by atoms with E-state index >= 15 is 0 Å². The molecule has 0 radical (unpaired) electrons. The number of nitrogens with zero attached hydrogens (tertiary/aromatic N) is 2. The van der Waals surface area contributed by atoms with Crippen LogP contribution < -0.4 is 14.9 Å². The second-order valence-electron chi connectivity index (χ2n) is 5.59. The number of pyridine rings is 1. The lowest BCUT2D eigenvalue weighted by atomic mass is 10.1. The molecule has 0 amide bonds. The first kappa shape index (κ1) is 19.6. The lowest BCUT2D eigenvalue weighted by molar-refractivity contribution is -0.885. The Labute approximate surface area is 162 Å². The van der Waals surface area contributed by atoms with Gasteiger partial charge in [0.25, 0.3) is 0 Å². The zero-order valence-corrected chi connectivity index (χ0v) is 15.6. The predicted octanol–water partition coefficient (Wildman–Crippen LogP) is 3.71. The number of aromatic nitrogens is 2. The van der Waals surface area contributed by atoms with Crippen LogP contribution in [-0.4, -0.2) is 25.2 Å². The lowest BCUT2D eigenvalue weighted by Gasteiger charge is -2.08. The van der Waals surface area contributed by atoms with Crippen LogP contribution in [0.4, 0.5) is 24.0 Å². The molecule has 0 aliphatic heterocycles. The smallest absolute Gasteiger partial charge is 0.416 e. The van der Waals surface area contributed by atoms with Crippen LogP contribution in [0.15, 0.2) is 48.1 Å². The molecule has 0 saturated heterocycles. The minimum atomic E-state index is -4.42. The van der Waals surface area contributed by atoms with Crippen LogP contribution in [-0.2, 0) is 10.9 Å². The Kier molecular flexibility index (Phi) is 5.50. The second-order valence-corrected chi connectivity index (χ2v) is 6.45. The van der Waals surface area contributed by atoms with Gasteiger partial charge in [0.05, 0.1) is 23.9 Å². The Morgan fingerprint density at radius 2 is 2.00 bits per heavy atom. The number of anilines is 2. The minimum Gasteiger partial charge on any atom is -0.465 e. The van der Waals surface area contributed by atoms with Crippen LogP contribution in [0.5, 0.6) is 0 Å². The zero-order chi connectivity index (χ0) is 20.3. The van der Waals surface area contributed by atoms with E-state index in [1.807, 2.05) is 0 Å². The molecular weight excluding hydrogens is 395 g/mol. The van der Waals surface area contributed by atoms with Gasteiger partial charge in [-0.2, -0.15) is 13.2 Å². The molecule has 0 atom stereocenters. The van der Waals surface area contributed by atoms with Crippen molar-refractivity contribution in [2.24, 2.45) is 0 Å². The molecule has 146 valence electrons. The number of methoxy groups -OCH3 is 1. The molecule has 0 unspecified atom stereocenters. The number of rotatable bonds is 5. The molecule has 0 bridgehead atoms. The van der Waals surface area contributed by atoms with Gasteiger partial charge in [0.15, 0.2) is 5.13 Å². The zero-order valence-electron chi connectivity index (χ0n) is 14.8. The normalized spacial score (nSPS) is 11.2. The van der Waals surface area contributed by atoms with Crippen LogP contribution in [0.25, 0.3) is 11.3 Å². The summed E-state index contributed by atoms with van der Waals surface area (Å²) in [7, 11) is 2.71. The van der Waals surface area contributed by atoms with E-state index in [0.717, 1.165) is 12.1 Å². The summed E-state index contributed by atoms with van der Waals surface area (Å²) in [6.07, 6.45) is -1.34. The van der Waals surface area contributed by atoms with Crippen LogP contribution >= 0.6 is 11.3 Å². The van der Waals surface area contributed by atoms with Gasteiger partial charge in [0.1, 0.15) is 12.7 Å². The number of carbonyl (C=O) groups excluding carboxylic acids is 1. The molecule has 6 nitrogen and oxygen atoms in total. The third kappa shape index (κ3) is 4.39. The van der Waals surface area contributed by atoms with Crippen molar-refractivity contribution in [3.05, 3.63) is 59.2 Å². The largest absolute Gasteiger partial charge is 0.465 e. The molecule has 1 aromatic carbocycles. The number of halogens is 3. The van der Waals surface area contributed by atoms with E-state index in [1.54, 1.807) is 17.6 Å². The Bertz CT molecular complexity index is 1000. The van der Waals surface area contributed by atoms with Crippen LogP contribution in [0, 0.1) is 0 Å². The number of benzene rings is 1. The van der Waals surface area contributed by atoms with Crippen molar-refractivity contribution >= 4 is 28.1 Å². The second kappa shape index (κ2) is 7.85. The average Bonchev–Trinajstić information content (AvgIpc) is 3.15. The van der Waals surface area contributed by atoms with E-state index in [4.69, 9.17) is 9.57 Å². The maximum atomic E-state index is 12.8. The van der Waals surface area contributed by atoms with Gasteiger partial charge < -0.3 is 10.1 Å². The molecule has 3 aromatic rings. The number of alkyl halides is 3. The number of hydrogen-bond donors (Lipinski definition) is 1. The van der Waals surface area contributed by atoms with Gasteiger partial charge >= 0.3 is 12.1 Å². The molecule has 0 aliphatic carbocycles. The summed E-state index contributed by atoms with van der Waals surface area (Å²) in [6.45, 7) is 0. The maximum Gasteiger partial charge on any atom is 0.416 e. The molecule has 0 aliphatic rings. The summed E-state index contributed by atoms with van der Waals surface area (Å²) in [4.78, 5) is 21.3. The van der Waals surface area contributed by atoms with E-state index in [2.05, 4.69) is 10.3 Å². The van der Waals surface area contributed by atoms with E-state index in [9.17, 15) is 18.0 Å². The highest BCUT2D eigenvalue weighted by Crippen LogP contribution is 2.32. The fourth-order valence-electron chi connectivity index (χ4n) is 2.39. The van der Waals surface area contributed by atoms with Gasteiger partial charge in [0.2, 0.25) is 12.4 Å². The highest BCUT2D eigenvalue weighted by Gasteiger charge is 2.30. The third-order valence-electron chi connectivity index (χ3n) is 3.72. The fourth-order valence-corrected chi connectivity index (χ4v) is 3.13. The summed E-state index contributed by atoms with van der Waals surface area (Å²) >= 11 is 1.22. The first-order valence-electron chi connectivity index (χ1n) is 7.89. The number of thiazole rings is 1. The van der Waals surface area contributed by atoms with Crippen molar-refractivity contribution in [2.75, 3.05) is 19.5 Å². The number of nitrogens with one attached hydrogen (secondary N) is 1. The quantitative estimate of drug-likeness (QED) is 0.513. The van der Waals surface area contributed by atoms with Gasteiger partial charge in [-0.25, -0.2) is 9.78 Å². The van der Waals surface area contributed by atoms with Crippen LogP contribution in [0.3, 0.4) is 0 Å². The Morgan fingerprint density at radius 1 is 1.21 bits per heavy atom. The number of esters is 1. The molecule has 2 heterocycles. The molecule has 10 heteroatoms. The summed E-state index contributed by atoms with van der Waals surface area (Å²) in [6, 6.07) is 6.44. The van der Waals surface area contributed by atoms with E-state index in [-0.39, 0.29) is 11.3 Å². The molecule has 3 rings (SSSR count). The lowest BCUT2D eigenvalue weighted by Crippen LogP contribution is -2.40. The summed E-state index contributed by atoms with van der Waals surface area (Å²) in [5.41, 5.74) is 0.892. The molecule has 28 heavy (non-hydrogen) atoms. The number of carbonyl (C=O) groups is 1. The topological polar surface area (TPSA) is 64.3 Å². The van der Waals surface area contributed by atoms with Crippen molar-refractivity contribution in [3.63, 3.8) is 0 Å². The maximum absolute atomic E-state index is 12.8. The van der Waals surface area contributed by atoms with Crippen molar-refractivity contribution in [2.45, 2.75) is 6.18 Å². The molecule has 1 N–H and O–H groups in total. The molecule has 0 saturated carbocycles.